The van der Waals surface area contributed by atoms with Gasteiger partial charge in [-0.15, -0.1) is 0 Å². The van der Waals surface area contributed by atoms with Crippen molar-refractivity contribution in [2.75, 3.05) is 13.6 Å². The summed E-state index contributed by atoms with van der Waals surface area (Å²) in [7, 11) is 1.57. The summed E-state index contributed by atoms with van der Waals surface area (Å²) in [6.07, 6.45) is 1.21. The Morgan fingerprint density at radius 3 is 2.81 bits per heavy atom. The van der Waals surface area contributed by atoms with Crippen LogP contribution in [0.4, 0.5) is 4.79 Å². The maximum Gasteiger partial charge on any atom is 0.328 e. The van der Waals surface area contributed by atoms with E-state index in [1.54, 1.807) is 7.05 Å². The molecule has 1 heterocycles. The summed E-state index contributed by atoms with van der Waals surface area (Å²) in [6, 6.07) is 7.00. The fourth-order valence-corrected chi connectivity index (χ4v) is 3.28. The third-order valence-corrected chi connectivity index (χ3v) is 4.33. The van der Waals surface area contributed by atoms with E-state index in [0.29, 0.717) is 12.8 Å². The number of fused-ring (bicyclic) bond motifs is 2. The lowest BCUT2D eigenvalue weighted by molar-refractivity contribution is -0.138. The Labute approximate surface area is 121 Å². The zero-order valence-corrected chi connectivity index (χ0v) is 11.5. The minimum Gasteiger partial charge on any atom is -0.308 e. The molecule has 1 atom stereocenters. The Balaban J connectivity index is 2.04. The predicted molar refractivity (Wildman–Crippen MR) is 71.2 cm³/mol. The molecular weight excluding hydrogens is 274 g/mol. The van der Waals surface area contributed by atoms with Crippen LogP contribution in [0.25, 0.3) is 0 Å². The molecule has 1 saturated heterocycles. The van der Waals surface area contributed by atoms with Crippen LogP contribution >= 0.6 is 0 Å². The highest BCUT2D eigenvalue weighted by atomic mass is 16.5. The first-order valence-corrected chi connectivity index (χ1v) is 6.63. The number of carbonyl (C=O) groups excluding carboxylic acids is 3. The molecule has 0 radical (unpaired) electrons. The van der Waals surface area contributed by atoms with Crippen molar-refractivity contribution >= 4 is 17.8 Å². The van der Waals surface area contributed by atoms with E-state index < -0.39 is 29.9 Å². The molecule has 4 amide bonds. The summed E-state index contributed by atoms with van der Waals surface area (Å²) in [5.74, 6) is -1.21. The minimum absolute atomic E-state index is 0.413. The van der Waals surface area contributed by atoms with Gasteiger partial charge in [-0.2, -0.15) is 0 Å². The van der Waals surface area contributed by atoms with Crippen LogP contribution < -0.4 is 5.48 Å². The molecule has 1 aromatic rings. The molecule has 110 valence electrons. The first kappa shape index (κ1) is 13.6. The van der Waals surface area contributed by atoms with Crippen LogP contribution in [0.3, 0.4) is 0 Å². The highest BCUT2D eigenvalue weighted by Crippen LogP contribution is 2.46. The van der Waals surface area contributed by atoms with Crippen molar-refractivity contribution < 1.29 is 19.6 Å². The number of benzene rings is 1. The van der Waals surface area contributed by atoms with Crippen molar-refractivity contribution in [1.82, 2.24) is 15.3 Å². The molecule has 1 aliphatic carbocycles. The van der Waals surface area contributed by atoms with Crippen LogP contribution in [0.5, 0.6) is 0 Å². The summed E-state index contributed by atoms with van der Waals surface area (Å²) < 4.78 is 0. The molecule has 1 aliphatic heterocycles. The number of hydrogen-bond acceptors (Lipinski definition) is 4. The molecule has 1 fully saturated rings. The molecule has 7 heteroatoms. The molecule has 2 N–H and O–H groups in total. The fraction of sp³-hybridized carbons (Fsp3) is 0.357. The van der Waals surface area contributed by atoms with E-state index in [-0.39, 0.29) is 0 Å². The van der Waals surface area contributed by atoms with Gasteiger partial charge in [0.05, 0.1) is 0 Å². The molecule has 0 bridgehead atoms. The summed E-state index contributed by atoms with van der Waals surface area (Å²) in [4.78, 5) is 38.6. The van der Waals surface area contributed by atoms with Gasteiger partial charge in [0.15, 0.2) is 0 Å². The lowest BCUT2D eigenvalue weighted by atomic mass is 9.90. The van der Waals surface area contributed by atoms with Gasteiger partial charge in [0, 0.05) is 7.05 Å². The average Bonchev–Trinajstić information content (AvgIpc) is 2.97. The van der Waals surface area contributed by atoms with E-state index in [0.717, 1.165) is 16.0 Å². The highest BCUT2D eigenvalue weighted by molar-refractivity contribution is 6.09. The van der Waals surface area contributed by atoms with Gasteiger partial charge in [-0.1, -0.05) is 24.3 Å². The van der Waals surface area contributed by atoms with Gasteiger partial charge in [-0.05, 0) is 24.0 Å². The topological polar surface area (TPSA) is 90.0 Å². The number of nitrogens with one attached hydrogen (secondary N) is 1. The van der Waals surface area contributed by atoms with Crippen LogP contribution in [-0.2, 0) is 21.5 Å². The van der Waals surface area contributed by atoms with Gasteiger partial charge in [0.2, 0.25) is 0 Å². The zero-order chi connectivity index (χ0) is 15.2. The Hall–Kier alpha value is -2.41. The van der Waals surface area contributed by atoms with Crippen molar-refractivity contribution in [2.45, 2.75) is 18.4 Å². The van der Waals surface area contributed by atoms with Gasteiger partial charge in [-0.3, -0.25) is 19.7 Å². The van der Waals surface area contributed by atoms with Gasteiger partial charge in [0.25, 0.3) is 11.8 Å². The molecule has 3 rings (SSSR count). The molecule has 2 aliphatic rings. The van der Waals surface area contributed by atoms with E-state index >= 15 is 0 Å². The van der Waals surface area contributed by atoms with E-state index in [1.165, 1.54) is 10.4 Å². The molecule has 1 unspecified atom stereocenters. The number of amides is 4. The predicted octanol–water partition coefficient (Wildman–Crippen LogP) is 0.227. The van der Waals surface area contributed by atoms with Crippen LogP contribution in [0.15, 0.2) is 24.3 Å². The summed E-state index contributed by atoms with van der Waals surface area (Å²) in [5.41, 5.74) is 2.28. The number of likely N-dealkylation sites (N-methyl/N-ethyl adjacent to an activating group) is 1. The Kier molecular flexibility index (Phi) is 2.94. The lowest BCUT2D eigenvalue weighted by Crippen LogP contribution is -2.44. The number of aryl methyl sites for hydroxylation is 1. The summed E-state index contributed by atoms with van der Waals surface area (Å²) >= 11 is 0. The molecule has 0 aromatic heterocycles. The van der Waals surface area contributed by atoms with Gasteiger partial charge in [0.1, 0.15) is 12.1 Å². The fourth-order valence-electron chi connectivity index (χ4n) is 3.28. The van der Waals surface area contributed by atoms with Crippen molar-refractivity contribution in [3.63, 3.8) is 0 Å². The first-order valence-electron chi connectivity index (χ1n) is 6.63. The number of urea groups is 1. The number of carbonyl (C=O) groups is 3. The second kappa shape index (κ2) is 4.56. The van der Waals surface area contributed by atoms with Crippen molar-refractivity contribution in [2.24, 2.45) is 0 Å². The van der Waals surface area contributed by atoms with Crippen molar-refractivity contribution in [3.8, 4) is 0 Å². The third-order valence-electron chi connectivity index (χ3n) is 4.33. The number of imide groups is 1. The number of hydrogen-bond donors (Lipinski definition) is 2. The Morgan fingerprint density at radius 1 is 1.38 bits per heavy atom. The monoisotopic (exact) mass is 289 g/mol. The minimum atomic E-state index is -1.02. The van der Waals surface area contributed by atoms with Gasteiger partial charge < -0.3 is 4.90 Å². The van der Waals surface area contributed by atoms with E-state index in [4.69, 9.17) is 5.21 Å². The second-order valence-corrected chi connectivity index (χ2v) is 5.29. The molecule has 0 saturated carbocycles. The highest BCUT2D eigenvalue weighted by Gasteiger charge is 2.59. The molecular formula is C14H15N3O4. The maximum absolute atomic E-state index is 12.8. The van der Waals surface area contributed by atoms with Crippen LogP contribution in [0, 0.1) is 0 Å². The van der Waals surface area contributed by atoms with Gasteiger partial charge in [-0.25, -0.2) is 10.3 Å². The van der Waals surface area contributed by atoms with Crippen molar-refractivity contribution in [1.29, 1.82) is 0 Å². The molecule has 1 aromatic carbocycles. The van der Waals surface area contributed by atoms with Crippen LogP contribution in [-0.4, -0.2) is 46.4 Å². The molecule has 7 nitrogen and oxygen atoms in total. The molecule has 21 heavy (non-hydrogen) atoms. The van der Waals surface area contributed by atoms with Crippen LogP contribution in [0.1, 0.15) is 17.5 Å². The number of nitrogens with zero attached hydrogens (tertiary/aromatic N) is 2. The Bertz CT molecular complexity index is 645. The summed E-state index contributed by atoms with van der Waals surface area (Å²) in [6.45, 7) is -0.484. The maximum atomic E-state index is 12.8. The smallest absolute Gasteiger partial charge is 0.308 e. The SMILES string of the molecule is CN1C(=O)N(CC(=O)NO)C(=O)C12CCc1ccccc12. The summed E-state index contributed by atoms with van der Waals surface area (Å²) in [5, 5.41) is 8.59. The Morgan fingerprint density at radius 2 is 2.10 bits per heavy atom. The van der Waals surface area contributed by atoms with Gasteiger partial charge >= 0.3 is 6.03 Å². The third kappa shape index (κ3) is 1.67. The standard InChI is InChI=1S/C14H15N3O4/c1-16-13(20)17(8-11(18)15-21)12(19)14(16)7-6-9-4-2-3-5-10(9)14/h2-5,21H,6-8H2,1H3,(H,15,18). The van der Waals surface area contributed by atoms with E-state index in [9.17, 15) is 14.4 Å². The average molecular weight is 289 g/mol. The van der Waals surface area contributed by atoms with Crippen molar-refractivity contribution in [3.05, 3.63) is 35.4 Å². The quantitative estimate of drug-likeness (QED) is 0.463. The zero-order valence-electron chi connectivity index (χ0n) is 11.5. The largest absolute Gasteiger partial charge is 0.328 e. The van der Waals surface area contributed by atoms with Crippen LogP contribution in [0.2, 0.25) is 0 Å². The second-order valence-electron chi connectivity index (χ2n) is 5.29. The number of rotatable bonds is 2. The normalized spacial score (nSPS) is 23.9. The molecule has 1 spiro atoms. The van der Waals surface area contributed by atoms with E-state index in [1.807, 2.05) is 24.3 Å². The first-order chi connectivity index (χ1) is 10.0. The lowest BCUT2D eigenvalue weighted by Gasteiger charge is -2.29. The van der Waals surface area contributed by atoms with E-state index in [2.05, 4.69) is 0 Å². The number of hydroxylamine groups is 1.